The molecule has 2 N–H and O–H groups in total. The van der Waals surface area contributed by atoms with E-state index in [9.17, 15) is 4.79 Å². The van der Waals surface area contributed by atoms with E-state index < -0.39 is 0 Å². The van der Waals surface area contributed by atoms with Crippen LogP contribution in [0.25, 0.3) is 0 Å². The van der Waals surface area contributed by atoms with Crippen molar-refractivity contribution in [3.8, 4) is 5.75 Å². The second-order valence-electron chi connectivity index (χ2n) is 5.59. The van der Waals surface area contributed by atoms with Crippen LogP contribution in [-0.2, 0) is 11.3 Å². The summed E-state index contributed by atoms with van der Waals surface area (Å²) >= 11 is 11.7. The summed E-state index contributed by atoms with van der Waals surface area (Å²) in [6.07, 6.45) is 0. The Morgan fingerprint density at radius 1 is 1.12 bits per heavy atom. The smallest absolute Gasteiger partial charge is 0.275 e. The lowest BCUT2D eigenvalue weighted by atomic mass is 10.2. The highest BCUT2D eigenvalue weighted by atomic mass is 35.5. The van der Waals surface area contributed by atoms with Crippen LogP contribution in [0, 0.1) is 0 Å². The first-order valence-electron chi connectivity index (χ1n) is 7.74. The molecule has 0 aliphatic heterocycles. The lowest BCUT2D eigenvalue weighted by molar-refractivity contribution is -0.871. The molecule has 1 unspecified atom stereocenters. The van der Waals surface area contributed by atoms with E-state index in [1.165, 1.54) is 0 Å². The molecule has 0 aliphatic rings. The maximum atomic E-state index is 12.0. The monoisotopic (exact) mass is 367 g/mol. The van der Waals surface area contributed by atoms with Gasteiger partial charge in [0, 0.05) is 16.6 Å². The summed E-state index contributed by atoms with van der Waals surface area (Å²) in [5.41, 5.74) is 0.986. The zero-order valence-corrected chi connectivity index (χ0v) is 15.0. The molecule has 6 heteroatoms. The first-order valence-corrected chi connectivity index (χ1v) is 8.49. The number of nitrogens with one attached hydrogen (secondary N) is 2. The third kappa shape index (κ3) is 6.79. The van der Waals surface area contributed by atoms with E-state index in [-0.39, 0.29) is 5.91 Å². The lowest BCUT2D eigenvalue weighted by Gasteiger charge is -2.14. The van der Waals surface area contributed by atoms with E-state index >= 15 is 0 Å². The molecule has 2 rings (SSSR count). The van der Waals surface area contributed by atoms with Gasteiger partial charge in [0.05, 0.1) is 7.05 Å². The Hall–Kier alpha value is -1.75. The zero-order valence-electron chi connectivity index (χ0n) is 13.5. The summed E-state index contributed by atoms with van der Waals surface area (Å²) in [4.78, 5) is 13.0. The van der Waals surface area contributed by atoms with Gasteiger partial charge in [-0.3, -0.25) is 4.79 Å². The summed E-state index contributed by atoms with van der Waals surface area (Å²) in [5.74, 6) is 0.775. The van der Waals surface area contributed by atoms with Crippen molar-refractivity contribution in [3.63, 3.8) is 0 Å². The van der Waals surface area contributed by atoms with Gasteiger partial charge < -0.3 is 15.0 Å². The number of hydrogen-bond acceptors (Lipinski definition) is 2. The molecule has 0 radical (unpaired) electrons. The van der Waals surface area contributed by atoms with Crippen molar-refractivity contribution < 1.29 is 14.4 Å². The minimum Gasteiger partial charge on any atom is -0.488 e. The fraction of sp³-hybridized carbons (Fsp3) is 0.278. The van der Waals surface area contributed by atoms with Gasteiger partial charge in [-0.05, 0) is 42.0 Å². The predicted octanol–water partition coefficient (Wildman–Crippen LogP) is 2.20. The average Bonchev–Trinajstić information content (AvgIpc) is 2.55. The van der Waals surface area contributed by atoms with Crippen molar-refractivity contribution >= 4 is 29.1 Å². The Labute approximate surface area is 152 Å². The van der Waals surface area contributed by atoms with Crippen LogP contribution in [0.2, 0.25) is 10.0 Å². The number of benzene rings is 2. The van der Waals surface area contributed by atoms with Crippen molar-refractivity contribution in [2.45, 2.75) is 6.54 Å². The number of carbonyl (C=O) groups is 1. The van der Waals surface area contributed by atoms with Crippen molar-refractivity contribution in [2.24, 2.45) is 0 Å². The maximum Gasteiger partial charge on any atom is 0.275 e. The number of halogens is 2. The topological polar surface area (TPSA) is 42.8 Å². The first-order chi connectivity index (χ1) is 11.5. The fourth-order valence-corrected chi connectivity index (χ4v) is 2.49. The standard InChI is InChI=1S/C18H20Cl2N2O2/c1-22(9-10-24-17-7-5-15(19)6-8-17)13-18(23)21-12-14-3-2-4-16(20)11-14/h2-8,11H,9-10,12-13H2,1H3,(H,21,23)/p+1. The Balaban J connectivity index is 1.65. The van der Waals surface area contributed by atoms with Crippen LogP contribution in [0.4, 0.5) is 0 Å². The third-order valence-corrected chi connectivity index (χ3v) is 3.94. The van der Waals surface area contributed by atoms with Gasteiger partial charge in [0.15, 0.2) is 6.54 Å². The fourth-order valence-electron chi connectivity index (χ4n) is 2.15. The van der Waals surface area contributed by atoms with Crippen molar-refractivity contribution in [1.29, 1.82) is 0 Å². The van der Waals surface area contributed by atoms with E-state index in [2.05, 4.69) is 5.32 Å². The van der Waals surface area contributed by atoms with E-state index in [1.54, 1.807) is 12.1 Å². The number of hydrogen-bond donors (Lipinski definition) is 2. The second-order valence-corrected chi connectivity index (χ2v) is 6.47. The SMILES string of the molecule is C[NH+](CCOc1ccc(Cl)cc1)CC(=O)NCc1cccc(Cl)c1. The quantitative estimate of drug-likeness (QED) is 0.750. The molecule has 128 valence electrons. The van der Waals surface area contributed by atoms with E-state index in [4.69, 9.17) is 27.9 Å². The molecule has 4 nitrogen and oxygen atoms in total. The van der Waals surface area contributed by atoms with Crippen LogP contribution in [0.3, 0.4) is 0 Å². The zero-order chi connectivity index (χ0) is 17.4. The van der Waals surface area contributed by atoms with Crippen LogP contribution < -0.4 is 15.0 Å². The Morgan fingerprint density at radius 3 is 2.58 bits per heavy atom. The Bertz CT molecular complexity index is 662. The number of quaternary nitrogens is 1. The number of carbonyl (C=O) groups excluding carboxylic acids is 1. The minimum absolute atomic E-state index is 0.000955. The molecule has 1 amide bonds. The van der Waals surface area contributed by atoms with E-state index in [0.29, 0.717) is 29.7 Å². The van der Waals surface area contributed by atoms with Gasteiger partial charge in [0.1, 0.15) is 18.9 Å². The lowest BCUT2D eigenvalue weighted by Crippen LogP contribution is -3.10. The molecule has 1 atom stereocenters. The van der Waals surface area contributed by atoms with Crippen LogP contribution in [0.5, 0.6) is 5.75 Å². The minimum atomic E-state index is -0.000955. The van der Waals surface area contributed by atoms with Gasteiger partial charge >= 0.3 is 0 Å². The molecule has 0 saturated carbocycles. The van der Waals surface area contributed by atoms with E-state index in [0.717, 1.165) is 22.8 Å². The van der Waals surface area contributed by atoms with Crippen molar-refractivity contribution in [3.05, 3.63) is 64.1 Å². The predicted molar refractivity (Wildman–Crippen MR) is 96.9 cm³/mol. The van der Waals surface area contributed by atoms with Gasteiger partial charge in [-0.1, -0.05) is 35.3 Å². The summed E-state index contributed by atoms with van der Waals surface area (Å²) in [6.45, 7) is 2.14. The van der Waals surface area contributed by atoms with Crippen LogP contribution in [-0.4, -0.2) is 32.7 Å². The second kappa shape index (κ2) is 9.52. The molecule has 0 bridgehead atoms. The molecule has 2 aromatic carbocycles. The molecular formula is C18H21Cl2N2O2+. The van der Waals surface area contributed by atoms with Crippen molar-refractivity contribution in [2.75, 3.05) is 26.7 Å². The largest absolute Gasteiger partial charge is 0.488 e. The molecule has 0 aliphatic carbocycles. The number of likely N-dealkylation sites (N-methyl/N-ethyl adjacent to an activating group) is 1. The normalized spacial score (nSPS) is 11.8. The molecule has 0 spiro atoms. The maximum absolute atomic E-state index is 12.0. The van der Waals surface area contributed by atoms with Crippen molar-refractivity contribution in [1.82, 2.24) is 5.32 Å². The molecule has 0 saturated heterocycles. The van der Waals surface area contributed by atoms with Gasteiger partial charge in [-0.2, -0.15) is 0 Å². The van der Waals surface area contributed by atoms with Gasteiger partial charge in [0.2, 0.25) is 0 Å². The van der Waals surface area contributed by atoms with Crippen LogP contribution in [0.15, 0.2) is 48.5 Å². The number of ether oxygens (including phenoxy) is 1. The van der Waals surface area contributed by atoms with E-state index in [1.807, 2.05) is 43.4 Å². The summed E-state index contributed by atoms with van der Waals surface area (Å²) in [5, 5.41) is 4.25. The molecule has 0 heterocycles. The highest BCUT2D eigenvalue weighted by Crippen LogP contribution is 2.15. The molecule has 0 fully saturated rings. The Morgan fingerprint density at radius 2 is 1.88 bits per heavy atom. The summed E-state index contributed by atoms with van der Waals surface area (Å²) in [6, 6.07) is 14.7. The highest BCUT2D eigenvalue weighted by molar-refractivity contribution is 6.30. The molecule has 24 heavy (non-hydrogen) atoms. The molecule has 2 aromatic rings. The summed E-state index contributed by atoms with van der Waals surface area (Å²) < 4.78 is 5.63. The molecule has 0 aromatic heterocycles. The van der Waals surface area contributed by atoms with Crippen LogP contribution >= 0.6 is 23.2 Å². The Kier molecular flexibility index (Phi) is 7.37. The van der Waals surface area contributed by atoms with Gasteiger partial charge in [-0.25, -0.2) is 0 Å². The number of rotatable bonds is 8. The number of amides is 1. The summed E-state index contributed by atoms with van der Waals surface area (Å²) in [7, 11) is 1.96. The van der Waals surface area contributed by atoms with Gasteiger partial charge in [-0.15, -0.1) is 0 Å². The first kappa shape index (κ1) is 18.6. The average molecular weight is 368 g/mol. The highest BCUT2D eigenvalue weighted by Gasteiger charge is 2.09. The third-order valence-electron chi connectivity index (χ3n) is 3.45. The van der Waals surface area contributed by atoms with Crippen LogP contribution in [0.1, 0.15) is 5.56 Å². The molecular weight excluding hydrogens is 347 g/mol. The van der Waals surface area contributed by atoms with Gasteiger partial charge in [0.25, 0.3) is 5.91 Å².